The van der Waals surface area contributed by atoms with Gasteiger partial charge >= 0.3 is 49.7 Å². The number of carbonyl (C=O) groups excluding carboxylic acids is 5. The molecule has 0 saturated carbocycles. The van der Waals surface area contributed by atoms with E-state index in [-0.39, 0.29) is 111 Å². The summed E-state index contributed by atoms with van der Waals surface area (Å²) in [5.74, 6) is -1.07. The molecule has 0 atom stereocenters. The second kappa shape index (κ2) is 50.1. The van der Waals surface area contributed by atoms with Crippen LogP contribution in [0.25, 0.3) is 20.8 Å². The first-order valence-electron chi connectivity index (χ1n) is 31.7. The summed E-state index contributed by atoms with van der Waals surface area (Å²) >= 11 is 16.4. The molecule has 0 saturated heterocycles. The van der Waals surface area contributed by atoms with Crippen LogP contribution >= 0.6 is 82.1 Å². The van der Waals surface area contributed by atoms with Gasteiger partial charge in [-0.1, -0.05) is 68.3 Å². The van der Waals surface area contributed by atoms with Crippen LogP contribution in [0.2, 0.25) is 0 Å². The summed E-state index contributed by atoms with van der Waals surface area (Å²) in [6, 6.07) is 31.5. The van der Waals surface area contributed by atoms with Crippen molar-refractivity contribution in [1.29, 1.82) is 0 Å². The molecule has 0 aliphatic carbocycles. The molecular weight excluding hydrogens is 1760 g/mol. The van der Waals surface area contributed by atoms with Crippen molar-refractivity contribution >= 4 is 171 Å². The number of hydrogen-bond donors (Lipinski definition) is 4. The summed E-state index contributed by atoms with van der Waals surface area (Å²) in [6.07, 6.45) is -21.9. The maximum absolute atomic E-state index is 13.6. The van der Waals surface area contributed by atoms with E-state index in [2.05, 4.69) is 63.4 Å². The Morgan fingerprint density at radius 1 is 0.505 bits per heavy atom. The van der Waals surface area contributed by atoms with Crippen LogP contribution in [0.1, 0.15) is 38.9 Å². The van der Waals surface area contributed by atoms with Crippen molar-refractivity contribution in [3.8, 4) is 10.6 Å². The van der Waals surface area contributed by atoms with Gasteiger partial charge in [-0.15, -0.1) is 22.7 Å². The summed E-state index contributed by atoms with van der Waals surface area (Å²) in [7, 11) is 18.1. The van der Waals surface area contributed by atoms with E-state index in [1.807, 2.05) is 86.6 Å². The Hall–Kier alpha value is -6.33. The fourth-order valence-electron chi connectivity index (χ4n) is 8.41. The fraction of sp³-hybridized carbons (Fsp3) is 0.352. The number of thiophene rings is 2. The summed E-state index contributed by atoms with van der Waals surface area (Å²) in [5.41, 5.74) is 10.0. The number of halogens is 19. The van der Waals surface area contributed by atoms with Gasteiger partial charge in [0.15, 0.2) is 17.4 Å². The third-order valence-electron chi connectivity index (χ3n) is 13.5. The number of hydrogen-bond acceptors (Lipinski definition) is 16. The number of nitrogens with zero attached hydrogens (tertiary/aromatic N) is 8. The molecule has 8 rings (SSSR count). The monoisotopic (exact) mass is 1840 g/mol. The minimum atomic E-state index is -4.51. The molecule has 0 radical (unpaired) electrons. The van der Waals surface area contributed by atoms with Crippen molar-refractivity contribution in [3.05, 3.63) is 184 Å². The maximum Gasteiger partial charge on any atom is 1.00 e. The summed E-state index contributed by atoms with van der Waals surface area (Å²) < 4.78 is 188. The zero-order chi connectivity index (χ0) is 83.0. The number of aromatic nitrogens is 1. The molecule has 0 bridgehead atoms. The number of nitrogen functional groups attached to an aromatic ring is 2. The van der Waals surface area contributed by atoms with Gasteiger partial charge in [-0.25, -0.2) is 4.98 Å². The van der Waals surface area contributed by atoms with Gasteiger partial charge < -0.3 is 57.8 Å². The van der Waals surface area contributed by atoms with Crippen LogP contribution in [0, 0.1) is 0 Å². The Kier molecular flexibility index (Phi) is 47.3. The molecule has 17 nitrogen and oxygen atoms in total. The quantitative estimate of drug-likeness (QED) is 0.0174. The van der Waals surface area contributed by atoms with E-state index >= 15 is 0 Å². The number of alkyl halides is 17. The zero-order valence-electron chi connectivity index (χ0n) is 62.3. The van der Waals surface area contributed by atoms with Crippen LogP contribution < -0.4 is 50.8 Å². The molecule has 8 aromatic rings. The zero-order valence-corrected chi connectivity index (χ0v) is 68.4. The van der Waals surface area contributed by atoms with Gasteiger partial charge in [0.2, 0.25) is 21.7 Å². The van der Waals surface area contributed by atoms with Gasteiger partial charge in [-0.05, 0) is 213 Å². The minimum absolute atomic E-state index is 0. The van der Waals surface area contributed by atoms with Gasteiger partial charge in [0.05, 0.1) is 67.8 Å². The van der Waals surface area contributed by atoms with E-state index in [9.17, 15) is 89.8 Å². The number of fused-ring (bicyclic) bond motifs is 1. The minimum Gasteiger partial charge on any atom is -1.00 e. The van der Waals surface area contributed by atoms with Crippen molar-refractivity contribution in [2.75, 3.05) is 165 Å². The molecule has 111 heavy (non-hydrogen) atoms. The van der Waals surface area contributed by atoms with Crippen molar-refractivity contribution in [2.24, 2.45) is 0 Å². The van der Waals surface area contributed by atoms with Gasteiger partial charge in [-0.2, -0.15) is 65.9 Å². The number of benzene rings is 5. The normalized spacial score (nSPS) is 11.3. The Morgan fingerprint density at radius 3 is 1.31 bits per heavy atom. The summed E-state index contributed by atoms with van der Waals surface area (Å²) in [5, 5.41) is 8.11. The second-order valence-electron chi connectivity index (χ2n) is 24.1. The van der Waals surface area contributed by atoms with Crippen LogP contribution in [0.4, 0.5) is 100.0 Å². The smallest absolute Gasteiger partial charge is 1.00 e. The first-order valence-corrected chi connectivity index (χ1v) is 36.8. The van der Waals surface area contributed by atoms with Crippen LogP contribution in [0.3, 0.4) is 0 Å². The van der Waals surface area contributed by atoms with Gasteiger partial charge in [-0.3, -0.25) is 24.0 Å². The standard InChI is InChI=1S/C23H21F3N4OS2.C13H16BrF3N2O.C11H13F3N2O.C11H15F3N2.C7H6F3N.C4H8ClNO.C2H2Br2O.Al.Li.4H/c1-29(2)10-11-30(15-6-3-5-14(13-15)23(24,25)26)22(31)20-19(27)16-8-9-17(28-21(16)33-20)18-7-4-12-32-18;1-18(2)6-7-19(12(20)9-14)11-5-3-4-10(8-11)13(15,16)17;1-16(2)7-10(17)15-9-5-3-4-8(6-9)11(12,13)14;1-16(2)7-6-15-10-5-3-4-9(8-10)11(12,13)14;8-7(9,10)5-2-1-3-6(11)4-5;1-6(2)3-4(5)7;3-1-2(4)5;;;;;;/h3-9,12-13H,10-11,27H2,1-2H3;3-5,8H,6-7,9H2,1-2H3;3-6H,7H2,1-2H3,(H,15,17);3-5,8,15H,6-7H2,1-2H3;1-4H,11H2;3H2,1-2H3;1H2;;;;;;/q;;;;;;;;+1;;;;-1. The van der Waals surface area contributed by atoms with E-state index in [4.69, 9.17) is 23.1 Å². The molecule has 3 aromatic heterocycles. The van der Waals surface area contributed by atoms with Gasteiger partial charge in [0.25, 0.3) is 5.91 Å². The van der Waals surface area contributed by atoms with Crippen LogP contribution in [-0.2, 0) is 50.1 Å². The molecule has 40 heteroatoms. The van der Waals surface area contributed by atoms with E-state index < -0.39 is 64.6 Å². The number of carbonyl (C=O) groups is 5. The fourth-order valence-corrected chi connectivity index (χ4v) is 10.7. The van der Waals surface area contributed by atoms with E-state index in [0.717, 1.165) is 89.1 Å². The van der Waals surface area contributed by atoms with E-state index in [1.165, 1.54) is 64.4 Å². The SMILES string of the molecule is CN(C)CC(=O)Cl.CN(C)CC(=O)Nc1cccc(C(F)(F)F)c1.CN(C)CCN(C(=O)CBr)c1cccc(C(F)(F)F)c1.CN(C)CCN(C(=O)c1sc2nc(-c3cccs3)ccc2c1N)c1cccc(C(F)(F)F)c1.CN(C)CCNc1cccc(C(F)(F)F)c1.Nc1cccc(C(F)(F)F)c1.O=C(Br)CBr.[AlH3].[H-].[Li+]. The average Bonchev–Trinajstić information content (AvgIpc) is 1.62. The van der Waals surface area contributed by atoms with Crippen molar-refractivity contribution in [3.63, 3.8) is 0 Å². The number of nitrogens with two attached hydrogens (primary N) is 2. The first-order chi connectivity index (χ1) is 50.5. The Morgan fingerprint density at radius 2 is 0.919 bits per heavy atom. The predicted octanol–water partition coefficient (Wildman–Crippen LogP) is 13.5. The molecular formula is C71H85AlBr3ClF15LiN12O5S2. The van der Waals surface area contributed by atoms with Crippen LogP contribution in [-0.4, -0.2) is 208 Å². The first kappa shape index (κ1) is 105. The molecule has 3 amide bonds. The topological polar surface area (TPSA) is 197 Å². The number of anilines is 6. The van der Waals surface area contributed by atoms with E-state index in [1.54, 1.807) is 55.4 Å². The number of amides is 3. The molecule has 0 aliphatic heterocycles. The predicted molar refractivity (Wildman–Crippen MR) is 426 cm³/mol. The number of pyridine rings is 1. The Balaban J connectivity index is 0. The van der Waals surface area contributed by atoms with Crippen molar-refractivity contribution in [2.45, 2.75) is 30.9 Å². The molecule has 0 unspecified atom stereocenters. The van der Waals surface area contributed by atoms with Crippen molar-refractivity contribution in [1.82, 2.24) is 29.5 Å². The largest absolute Gasteiger partial charge is 1.00 e. The summed E-state index contributed by atoms with van der Waals surface area (Å²) in [6.45, 7) is 3.40. The molecule has 3 heterocycles. The molecule has 0 spiro atoms. The third kappa shape index (κ3) is 41.0. The number of rotatable bonds is 21. The molecule has 5 aromatic carbocycles. The van der Waals surface area contributed by atoms with Gasteiger partial charge in [0, 0.05) is 73.1 Å². The van der Waals surface area contributed by atoms with Gasteiger partial charge in [0.1, 0.15) is 9.71 Å². The molecule has 608 valence electrons. The van der Waals surface area contributed by atoms with Crippen molar-refractivity contribution < 1.29 is 110 Å². The molecule has 6 N–H and O–H groups in total. The summed E-state index contributed by atoms with van der Waals surface area (Å²) in [4.78, 5) is 74.7. The second-order valence-corrected chi connectivity index (χ2v) is 28.5. The van der Waals surface area contributed by atoms with Crippen LogP contribution in [0.15, 0.2) is 151 Å². The molecule has 0 fully saturated rings. The average molecular weight is 1840 g/mol. The number of likely N-dealkylation sites (N-methyl/N-ethyl adjacent to an activating group) is 5. The Labute approximate surface area is 696 Å². The number of nitrogens with one attached hydrogen (secondary N) is 2. The van der Waals surface area contributed by atoms with Crippen LogP contribution in [0.5, 0.6) is 0 Å². The Bertz CT molecular complexity index is 4160. The van der Waals surface area contributed by atoms with E-state index in [0.29, 0.717) is 54.0 Å². The molecule has 0 aliphatic rings. The third-order valence-corrected chi connectivity index (χ3v) is 17.6. The maximum atomic E-state index is 13.6.